The number of thioether (sulfide) groups is 1. The van der Waals surface area contributed by atoms with Gasteiger partial charge in [-0.3, -0.25) is 9.28 Å². The van der Waals surface area contributed by atoms with Crippen LogP contribution in [0.1, 0.15) is 31.9 Å². The minimum atomic E-state index is -0.0817. The number of allylic oxidation sites excluding steroid dienone is 2. The monoisotopic (exact) mass is 476 g/mol. The minimum Gasteiger partial charge on any atom is -0.387 e. The number of anilines is 1. The minimum absolute atomic E-state index is 0.0426. The second-order valence-corrected chi connectivity index (χ2v) is 9.21. The number of likely N-dealkylation sites (N-methyl/N-ethyl adjacent to an activating group) is 2. The van der Waals surface area contributed by atoms with E-state index in [1.807, 2.05) is 31.5 Å². The van der Waals surface area contributed by atoms with Crippen molar-refractivity contribution in [2.24, 2.45) is 0 Å². The highest BCUT2D eigenvalue weighted by Crippen LogP contribution is 2.56. The quantitative estimate of drug-likeness (QED) is 0.311. The predicted octanol–water partition coefficient (Wildman–Crippen LogP) is 6.74. The highest BCUT2D eigenvalue weighted by atomic mass is 32.2. The SMILES string of the molecule is C=C/C(NC)=C(\C=C)SC.C=C[N+]1(CC)c2ccc(NC(C)=O)cc2C1(C)Cc1ccccc1. The van der Waals surface area contributed by atoms with E-state index < -0.39 is 0 Å². The molecule has 2 aromatic carbocycles. The lowest BCUT2D eigenvalue weighted by Gasteiger charge is -2.57. The van der Waals surface area contributed by atoms with Crippen LogP contribution in [0.2, 0.25) is 0 Å². The van der Waals surface area contributed by atoms with Crippen molar-refractivity contribution in [3.8, 4) is 0 Å². The lowest BCUT2D eigenvalue weighted by molar-refractivity contribution is -0.114. The van der Waals surface area contributed by atoms with Crippen molar-refractivity contribution in [3.05, 3.63) is 108 Å². The Labute approximate surface area is 209 Å². The molecule has 34 heavy (non-hydrogen) atoms. The number of rotatable bonds is 9. The Morgan fingerprint density at radius 1 is 1.12 bits per heavy atom. The van der Waals surface area contributed by atoms with Crippen LogP contribution in [0.5, 0.6) is 0 Å². The fraction of sp³-hybridized carbons (Fsp3) is 0.276. The molecule has 1 amide bonds. The first kappa shape index (κ1) is 27.2. The van der Waals surface area contributed by atoms with Crippen molar-refractivity contribution in [2.75, 3.05) is 25.2 Å². The lowest BCUT2D eigenvalue weighted by atomic mass is 9.72. The zero-order chi connectivity index (χ0) is 25.4. The van der Waals surface area contributed by atoms with Crippen LogP contribution in [0.25, 0.3) is 0 Å². The van der Waals surface area contributed by atoms with Crippen LogP contribution >= 0.6 is 11.8 Å². The molecule has 0 spiro atoms. The summed E-state index contributed by atoms with van der Waals surface area (Å²) in [7, 11) is 1.87. The van der Waals surface area contributed by atoms with Crippen molar-refractivity contribution >= 4 is 29.0 Å². The van der Waals surface area contributed by atoms with E-state index in [1.54, 1.807) is 24.8 Å². The molecule has 2 atom stereocenters. The Morgan fingerprint density at radius 2 is 1.79 bits per heavy atom. The van der Waals surface area contributed by atoms with E-state index in [2.05, 4.69) is 86.8 Å². The van der Waals surface area contributed by atoms with E-state index in [4.69, 9.17) is 0 Å². The van der Waals surface area contributed by atoms with Crippen molar-refractivity contribution in [2.45, 2.75) is 32.7 Å². The van der Waals surface area contributed by atoms with Crippen LogP contribution in [0.3, 0.4) is 0 Å². The maximum atomic E-state index is 11.4. The zero-order valence-corrected chi connectivity index (χ0v) is 22.0. The van der Waals surface area contributed by atoms with Gasteiger partial charge >= 0.3 is 0 Å². The first-order valence-corrected chi connectivity index (χ1v) is 12.7. The topological polar surface area (TPSA) is 41.1 Å². The van der Waals surface area contributed by atoms with Crippen LogP contribution in [0.4, 0.5) is 11.4 Å². The third-order valence-corrected chi connectivity index (χ3v) is 7.38. The van der Waals surface area contributed by atoms with Gasteiger partial charge in [-0.25, -0.2) is 0 Å². The van der Waals surface area contributed by atoms with E-state index in [1.165, 1.54) is 16.8 Å². The van der Waals surface area contributed by atoms with Crippen molar-refractivity contribution in [3.63, 3.8) is 0 Å². The number of benzene rings is 2. The Hall–Kier alpha value is -3.02. The van der Waals surface area contributed by atoms with E-state index in [9.17, 15) is 4.79 Å². The van der Waals surface area contributed by atoms with Gasteiger partial charge in [0, 0.05) is 42.7 Å². The summed E-state index contributed by atoms with van der Waals surface area (Å²) in [5.41, 5.74) is 5.69. The average Bonchev–Trinajstić information content (AvgIpc) is 2.84. The standard InChI is InChI=1S/C21H24N2O.C8H13NS/c1-5-23(6-2)20-13-12-18(22-16(3)24)14-19(20)21(23,4)15-17-10-8-7-9-11-17;1-5-7(9-3)8(6-2)10-4/h5,7-14H,1,6,15H2,2-4H3;5-6,9H,1-2H2,3-4H3/p+1/b;8-7-. The Kier molecular flexibility index (Phi) is 9.54. The highest BCUT2D eigenvalue weighted by molar-refractivity contribution is 8.02. The third-order valence-electron chi connectivity index (χ3n) is 6.55. The molecule has 0 aliphatic carbocycles. The molecule has 180 valence electrons. The molecule has 0 saturated heterocycles. The first-order chi connectivity index (χ1) is 16.3. The van der Waals surface area contributed by atoms with Gasteiger partial charge in [0.1, 0.15) is 11.2 Å². The van der Waals surface area contributed by atoms with Gasteiger partial charge in [-0.05, 0) is 50.5 Å². The van der Waals surface area contributed by atoms with E-state index in [0.29, 0.717) is 0 Å². The number of nitrogens with one attached hydrogen (secondary N) is 2. The van der Waals surface area contributed by atoms with Crippen LogP contribution in [-0.2, 0) is 16.8 Å². The van der Waals surface area contributed by atoms with Gasteiger partial charge < -0.3 is 10.6 Å². The summed E-state index contributed by atoms with van der Waals surface area (Å²) < 4.78 is 0.761. The number of hydrogen-bond acceptors (Lipinski definition) is 3. The molecule has 3 rings (SSSR count). The van der Waals surface area contributed by atoms with Crippen LogP contribution in [-0.4, -0.2) is 25.8 Å². The summed E-state index contributed by atoms with van der Waals surface area (Å²) in [5, 5.41) is 5.92. The molecule has 0 fully saturated rings. The first-order valence-electron chi connectivity index (χ1n) is 11.5. The van der Waals surface area contributed by atoms with Gasteiger partial charge in [-0.15, -0.1) is 11.8 Å². The molecule has 1 aliphatic rings. The molecule has 1 heterocycles. The normalized spacial score (nSPS) is 20.9. The summed E-state index contributed by atoms with van der Waals surface area (Å²) in [6, 6.07) is 16.8. The van der Waals surface area contributed by atoms with Gasteiger partial charge in [-0.1, -0.05) is 49.6 Å². The van der Waals surface area contributed by atoms with Gasteiger partial charge in [0.05, 0.1) is 18.3 Å². The highest BCUT2D eigenvalue weighted by Gasteiger charge is 2.59. The molecule has 2 unspecified atom stereocenters. The fourth-order valence-electron chi connectivity index (χ4n) is 4.83. The Bertz CT molecular complexity index is 1060. The van der Waals surface area contributed by atoms with E-state index >= 15 is 0 Å². The number of amides is 1. The van der Waals surface area contributed by atoms with Gasteiger partial charge in [0.2, 0.25) is 5.91 Å². The second kappa shape index (κ2) is 11.9. The third kappa shape index (κ3) is 5.21. The molecule has 2 aromatic rings. The summed E-state index contributed by atoms with van der Waals surface area (Å²) >= 11 is 1.65. The lowest BCUT2D eigenvalue weighted by Crippen LogP contribution is -2.67. The van der Waals surface area contributed by atoms with Crippen molar-refractivity contribution < 1.29 is 4.79 Å². The Morgan fingerprint density at radius 3 is 2.24 bits per heavy atom. The largest absolute Gasteiger partial charge is 0.387 e. The molecular weight excluding hydrogens is 438 g/mol. The molecule has 1 aliphatic heterocycles. The molecule has 0 aromatic heterocycles. The molecule has 4 nitrogen and oxygen atoms in total. The summed E-state index contributed by atoms with van der Waals surface area (Å²) in [6.07, 6.45) is 8.61. The van der Waals surface area contributed by atoms with Crippen LogP contribution in [0.15, 0.2) is 97.2 Å². The van der Waals surface area contributed by atoms with Gasteiger partial charge in [0.15, 0.2) is 0 Å². The summed E-state index contributed by atoms with van der Waals surface area (Å²) in [4.78, 5) is 12.5. The van der Waals surface area contributed by atoms with Crippen molar-refractivity contribution in [1.82, 2.24) is 9.80 Å². The number of fused-ring (bicyclic) bond motifs is 1. The zero-order valence-electron chi connectivity index (χ0n) is 21.2. The van der Waals surface area contributed by atoms with Crippen LogP contribution in [0, 0.1) is 0 Å². The Balaban J connectivity index is 0.000000347. The number of carbonyl (C=O) groups excluding carboxylic acids is 1. The smallest absolute Gasteiger partial charge is 0.221 e. The molecule has 5 heteroatoms. The maximum absolute atomic E-state index is 11.4. The molecule has 0 bridgehead atoms. The van der Waals surface area contributed by atoms with Crippen molar-refractivity contribution in [1.29, 1.82) is 0 Å². The number of nitrogens with zero attached hydrogens (tertiary/aromatic N) is 1. The second-order valence-electron chi connectivity index (χ2n) is 8.36. The van der Waals surface area contributed by atoms with E-state index in [0.717, 1.165) is 33.7 Å². The number of carbonyl (C=O) groups is 1. The fourth-order valence-corrected chi connectivity index (χ4v) is 5.40. The molecule has 0 saturated carbocycles. The summed E-state index contributed by atoms with van der Waals surface area (Å²) in [6.45, 7) is 18.5. The predicted molar refractivity (Wildman–Crippen MR) is 151 cm³/mol. The number of quaternary nitrogens is 1. The average molecular weight is 477 g/mol. The van der Waals surface area contributed by atoms with E-state index in [-0.39, 0.29) is 11.4 Å². The molecular formula is C29H38N3OS+. The molecule has 2 N–H and O–H groups in total. The van der Waals surface area contributed by atoms with Crippen LogP contribution < -0.4 is 15.1 Å². The summed E-state index contributed by atoms with van der Waals surface area (Å²) in [5.74, 6) is -0.0426. The van der Waals surface area contributed by atoms with Gasteiger partial charge in [-0.2, -0.15) is 0 Å². The number of hydrogen-bond donors (Lipinski definition) is 2. The maximum Gasteiger partial charge on any atom is 0.221 e. The van der Waals surface area contributed by atoms with Gasteiger partial charge in [0.25, 0.3) is 0 Å². The molecule has 0 radical (unpaired) electrons.